The Kier molecular flexibility index (Phi) is 6.25. The van der Waals surface area contributed by atoms with Crippen molar-refractivity contribution in [3.8, 4) is 11.5 Å². The fourth-order valence-electron chi connectivity index (χ4n) is 3.12. The smallest absolute Gasteiger partial charge is 0.306 e. The summed E-state index contributed by atoms with van der Waals surface area (Å²) in [6.45, 7) is -0.286. The van der Waals surface area contributed by atoms with E-state index in [1.807, 2.05) is 36.4 Å². The molecule has 0 saturated heterocycles. The first-order valence-corrected chi connectivity index (χ1v) is 8.98. The molecule has 1 N–H and O–H groups in total. The van der Waals surface area contributed by atoms with Crippen LogP contribution >= 0.6 is 0 Å². The number of carbonyl (C=O) groups excluding carboxylic acids is 2. The van der Waals surface area contributed by atoms with Crippen LogP contribution in [0.15, 0.2) is 54.6 Å². The van der Waals surface area contributed by atoms with Crippen molar-refractivity contribution in [3.63, 3.8) is 0 Å². The highest BCUT2D eigenvalue weighted by Crippen LogP contribution is 2.29. The Labute approximate surface area is 153 Å². The first kappa shape index (κ1) is 18.0. The van der Waals surface area contributed by atoms with Gasteiger partial charge in [0, 0.05) is 6.42 Å². The van der Waals surface area contributed by atoms with Gasteiger partial charge in [-0.05, 0) is 43.0 Å². The van der Waals surface area contributed by atoms with Crippen LogP contribution in [0.25, 0.3) is 0 Å². The highest BCUT2D eigenvalue weighted by molar-refractivity contribution is 5.94. The van der Waals surface area contributed by atoms with Crippen LogP contribution in [-0.4, -0.2) is 18.5 Å². The number of hydrogen-bond donors (Lipinski definition) is 1. The number of carbonyl (C=O) groups is 2. The monoisotopic (exact) mass is 353 g/mol. The predicted molar refractivity (Wildman–Crippen MR) is 99.1 cm³/mol. The Balaban J connectivity index is 1.51. The van der Waals surface area contributed by atoms with E-state index in [9.17, 15) is 9.59 Å². The van der Waals surface area contributed by atoms with Crippen LogP contribution in [-0.2, 0) is 14.3 Å². The lowest BCUT2D eigenvalue weighted by molar-refractivity contribution is -0.148. The van der Waals surface area contributed by atoms with E-state index in [4.69, 9.17) is 9.47 Å². The minimum atomic E-state index is -0.381. The summed E-state index contributed by atoms with van der Waals surface area (Å²) in [7, 11) is 0. The van der Waals surface area contributed by atoms with Crippen LogP contribution in [0.3, 0.4) is 0 Å². The molecule has 1 aliphatic carbocycles. The van der Waals surface area contributed by atoms with Crippen LogP contribution in [0, 0.1) is 5.92 Å². The number of anilines is 1. The van der Waals surface area contributed by atoms with Gasteiger partial charge in [0.2, 0.25) is 0 Å². The molecule has 0 heterocycles. The maximum Gasteiger partial charge on any atom is 0.306 e. The summed E-state index contributed by atoms with van der Waals surface area (Å²) in [6.07, 6.45) is 4.91. The topological polar surface area (TPSA) is 64.6 Å². The molecule has 0 radical (unpaired) electrons. The number of nitrogens with one attached hydrogen (secondary N) is 1. The lowest BCUT2D eigenvalue weighted by atomic mass is 10.1. The number of amides is 1. The lowest BCUT2D eigenvalue weighted by Gasteiger charge is -2.13. The molecule has 1 amide bonds. The van der Waals surface area contributed by atoms with E-state index in [-0.39, 0.29) is 18.5 Å². The van der Waals surface area contributed by atoms with Gasteiger partial charge in [-0.25, -0.2) is 0 Å². The molecule has 2 aromatic carbocycles. The van der Waals surface area contributed by atoms with Gasteiger partial charge in [0.05, 0.1) is 5.69 Å². The fourth-order valence-corrected chi connectivity index (χ4v) is 3.12. The minimum Gasteiger partial charge on any atom is -0.456 e. The van der Waals surface area contributed by atoms with Crippen molar-refractivity contribution in [2.75, 3.05) is 11.9 Å². The number of para-hydroxylation sites is 3. The van der Waals surface area contributed by atoms with Crippen molar-refractivity contribution in [1.29, 1.82) is 0 Å². The Morgan fingerprint density at radius 2 is 1.65 bits per heavy atom. The van der Waals surface area contributed by atoms with Gasteiger partial charge in [-0.2, -0.15) is 0 Å². The van der Waals surface area contributed by atoms with E-state index in [1.165, 1.54) is 12.8 Å². The third kappa shape index (κ3) is 5.34. The molecule has 0 bridgehead atoms. The largest absolute Gasteiger partial charge is 0.456 e. The third-order valence-electron chi connectivity index (χ3n) is 4.43. The SMILES string of the molecule is O=C(COC(=O)CC1CCCC1)Nc1ccccc1Oc1ccccc1. The second-order valence-corrected chi connectivity index (χ2v) is 6.47. The molecule has 0 aliphatic heterocycles. The minimum absolute atomic E-state index is 0.286. The van der Waals surface area contributed by atoms with Crippen LogP contribution < -0.4 is 10.1 Å². The second kappa shape index (κ2) is 9.04. The summed E-state index contributed by atoms with van der Waals surface area (Å²) >= 11 is 0. The summed E-state index contributed by atoms with van der Waals surface area (Å²) in [4.78, 5) is 24.0. The maximum absolute atomic E-state index is 12.1. The first-order chi connectivity index (χ1) is 12.7. The molecule has 26 heavy (non-hydrogen) atoms. The average molecular weight is 353 g/mol. The first-order valence-electron chi connectivity index (χ1n) is 8.98. The molecule has 1 saturated carbocycles. The highest BCUT2D eigenvalue weighted by atomic mass is 16.5. The summed E-state index contributed by atoms with van der Waals surface area (Å²) in [6, 6.07) is 16.5. The molecule has 0 unspecified atom stereocenters. The Morgan fingerprint density at radius 3 is 2.42 bits per heavy atom. The Hall–Kier alpha value is -2.82. The van der Waals surface area contributed by atoms with E-state index in [0.29, 0.717) is 29.5 Å². The maximum atomic E-state index is 12.1. The molecular weight excluding hydrogens is 330 g/mol. The zero-order valence-electron chi connectivity index (χ0n) is 14.6. The van der Waals surface area contributed by atoms with Gasteiger partial charge < -0.3 is 14.8 Å². The molecule has 0 spiro atoms. The van der Waals surface area contributed by atoms with Crippen molar-refractivity contribution in [2.45, 2.75) is 32.1 Å². The average Bonchev–Trinajstić information content (AvgIpc) is 3.15. The van der Waals surface area contributed by atoms with Crippen LogP contribution in [0.2, 0.25) is 0 Å². The Morgan fingerprint density at radius 1 is 0.962 bits per heavy atom. The van der Waals surface area contributed by atoms with Crippen LogP contribution in [0.4, 0.5) is 5.69 Å². The van der Waals surface area contributed by atoms with Gasteiger partial charge in [0.15, 0.2) is 12.4 Å². The summed E-state index contributed by atoms with van der Waals surface area (Å²) < 4.78 is 10.9. The predicted octanol–water partition coefficient (Wildman–Crippen LogP) is 4.54. The second-order valence-electron chi connectivity index (χ2n) is 6.47. The molecule has 1 fully saturated rings. The van der Waals surface area contributed by atoms with Crippen LogP contribution in [0.5, 0.6) is 11.5 Å². The van der Waals surface area contributed by atoms with Gasteiger partial charge in [-0.1, -0.05) is 43.2 Å². The van der Waals surface area contributed by atoms with E-state index in [0.717, 1.165) is 12.8 Å². The highest BCUT2D eigenvalue weighted by Gasteiger charge is 2.20. The van der Waals surface area contributed by atoms with Crippen LogP contribution in [0.1, 0.15) is 32.1 Å². The zero-order chi connectivity index (χ0) is 18.2. The van der Waals surface area contributed by atoms with E-state index in [1.54, 1.807) is 18.2 Å². The molecule has 136 valence electrons. The van der Waals surface area contributed by atoms with Gasteiger partial charge in [0.1, 0.15) is 5.75 Å². The molecule has 3 rings (SSSR count). The molecule has 5 nitrogen and oxygen atoms in total. The Bertz CT molecular complexity index is 739. The molecule has 0 atom stereocenters. The van der Waals surface area contributed by atoms with Crippen molar-refractivity contribution >= 4 is 17.6 Å². The van der Waals surface area contributed by atoms with Crippen molar-refractivity contribution < 1.29 is 19.1 Å². The van der Waals surface area contributed by atoms with Crippen molar-refractivity contribution in [1.82, 2.24) is 0 Å². The van der Waals surface area contributed by atoms with E-state index < -0.39 is 0 Å². The van der Waals surface area contributed by atoms with E-state index in [2.05, 4.69) is 5.32 Å². The summed E-state index contributed by atoms with van der Waals surface area (Å²) in [5, 5.41) is 2.74. The normalized spacial score (nSPS) is 14.0. The number of hydrogen-bond acceptors (Lipinski definition) is 4. The molecule has 1 aliphatic rings. The quantitative estimate of drug-likeness (QED) is 0.742. The molecule has 2 aromatic rings. The summed E-state index contributed by atoms with van der Waals surface area (Å²) in [5.41, 5.74) is 0.535. The van der Waals surface area contributed by atoms with Gasteiger partial charge in [0.25, 0.3) is 5.91 Å². The zero-order valence-corrected chi connectivity index (χ0v) is 14.6. The van der Waals surface area contributed by atoms with Gasteiger partial charge >= 0.3 is 5.97 Å². The van der Waals surface area contributed by atoms with Gasteiger partial charge in [-0.15, -0.1) is 0 Å². The van der Waals surface area contributed by atoms with Crippen molar-refractivity contribution in [3.05, 3.63) is 54.6 Å². The number of esters is 1. The third-order valence-corrected chi connectivity index (χ3v) is 4.43. The van der Waals surface area contributed by atoms with E-state index >= 15 is 0 Å². The summed E-state index contributed by atoms with van der Waals surface area (Å²) in [5.74, 6) is 0.932. The fraction of sp³-hybridized carbons (Fsp3) is 0.333. The number of benzene rings is 2. The number of ether oxygens (including phenoxy) is 2. The molecular formula is C21H23NO4. The van der Waals surface area contributed by atoms with Crippen molar-refractivity contribution in [2.24, 2.45) is 5.92 Å². The number of rotatable bonds is 7. The lowest BCUT2D eigenvalue weighted by Crippen LogP contribution is -2.21. The molecule has 5 heteroatoms. The molecule has 0 aromatic heterocycles. The van der Waals surface area contributed by atoms with Gasteiger partial charge in [-0.3, -0.25) is 9.59 Å². The standard InChI is InChI=1S/C21H23NO4/c23-20(15-25-21(24)14-16-8-4-5-9-16)22-18-12-6-7-13-19(18)26-17-10-2-1-3-11-17/h1-3,6-7,10-13,16H,4-5,8-9,14-15H2,(H,22,23).